The molecule has 0 bridgehead atoms. The van der Waals surface area contributed by atoms with Crippen LogP contribution in [0, 0.1) is 23.0 Å². The average molecular weight is 537 g/mol. The third-order valence-electron chi connectivity index (χ3n) is 5.56. The van der Waals surface area contributed by atoms with Crippen LogP contribution in [0.15, 0.2) is 28.3 Å². The van der Waals surface area contributed by atoms with Gasteiger partial charge in [0.1, 0.15) is 35.2 Å². The van der Waals surface area contributed by atoms with Gasteiger partial charge in [0.15, 0.2) is 0 Å². The van der Waals surface area contributed by atoms with E-state index in [1.807, 2.05) is 0 Å². The number of nitrogens with zero attached hydrogens (tertiary/aromatic N) is 4. The van der Waals surface area contributed by atoms with Crippen molar-refractivity contribution in [2.45, 2.75) is 57.9 Å². The Morgan fingerprint density at radius 2 is 1.94 bits per heavy atom. The SMILES string of the molecule is CC(C)N(C(=O)[C@@H]1CS(=O)CN1C1=NC(C)(C)CC(C(F)(F)F)=C1C#N)c1cc(Cl)c(F)cc1F. The smallest absolute Gasteiger partial charge is 0.331 e. The molecule has 1 unspecified atom stereocenters. The van der Waals surface area contributed by atoms with E-state index < -0.39 is 74.7 Å². The number of amides is 1. The fraction of sp³-hybridized carbons (Fsp3) is 0.500. The van der Waals surface area contributed by atoms with E-state index in [2.05, 4.69) is 4.99 Å². The number of carbonyl (C=O) groups excluding carboxylic acids is 1. The number of anilines is 1. The monoisotopic (exact) mass is 536 g/mol. The molecule has 1 saturated heterocycles. The molecular formula is C22H22ClF5N4O2S. The zero-order valence-electron chi connectivity index (χ0n) is 19.2. The summed E-state index contributed by atoms with van der Waals surface area (Å²) in [5.41, 5.74) is -3.43. The minimum atomic E-state index is -4.82. The number of nitriles is 1. The molecule has 190 valence electrons. The number of dihydropyridines is 1. The van der Waals surface area contributed by atoms with Gasteiger partial charge in [-0.15, -0.1) is 0 Å². The van der Waals surface area contributed by atoms with Crippen molar-refractivity contribution in [3.05, 3.63) is 39.9 Å². The zero-order chi connectivity index (χ0) is 26.5. The molecule has 1 aromatic rings. The number of hydrogen-bond donors (Lipinski definition) is 0. The third-order valence-corrected chi connectivity index (χ3v) is 7.10. The molecule has 35 heavy (non-hydrogen) atoms. The van der Waals surface area contributed by atoms with Crippen LogP contribution in [0.2, 0.25) is 5.02 Å². The Balaban J connectivity index is 2.13. The van der Waals surface area contributed by atoms with Crippen LogP contribution >= 0.6 is 11.6 Å². The maximum Gasteiger partial charge on any atom is 0.414 e. The number of halogens is 6. The Hall–Kier alpha value is -2.52. The summed E-state index contributed by atoms with van der Waals surface area (Å²) >= 11 is 5.79. The average Bonchev–Trinajstić information content (AvgIpc) is 3.11. The van der Waals surface area contributed by atoms with Crippen LogP contribution < -0.4 is 4.90 Å². The second-order valence-electron chi connectivity index (χ2n) is 9.13. The summed E-state index contributed by atoms with van der Waals surface area (Å²) < 4.78 is 82.2. The molecule has 2 heterocycles. The van der Waals surface area contributed by atoms with Crippen molar-refractivity contribution in [3.8, 4) is 6.07 Å². The van der Waals surface area contributed by atoms with E-state index in [1.54, 1.807) is 19.9 Å². The van der Waals surface area contributed by atoms with E-state index in [9.17, 15) is 36.2 Å². The number of carbonyl (C=O) groups is 1. The maximum atomic E-state index is 14.7. The van der Waals surface area contributed by atoms with E-state index >= 15 is 0 Å². The van der Waals surface area contributed by atoms with Crippen molar-refractivity contribution < 1.29 is 31.0 Å². The lowest BCUT2D eigenvalue weighted by molar-refractivity contribution is -0.121. The highest BCUT2D eigenvalue weighted by atomic mass is 35.5. The number of rotatable bonds is 3. The van der Waals surface area contributed by atoms with Crippen LogP contribution in [-0.4, -0.2) is 56.3 Å². The minimum absolute atomic E-state index is 0.280. The largest absolute Gasteiger partial charge is 0.414 e. The zero-order valence-corrected chi connectivity index (χ0v) is 20.8. The molecule has 0 radical (unpaired) electrons. The summed E-state index contributed by atoms with van der Waals surface area (Å²) in [7, 11) is -1.67. The summed E-state index contributed by atoms with van der Waals surface area (Å²) in [6, 6.07) is 1.01. The summed E-state index contributed by atoms with van der Waals surface area (Å²) in [5, 5.41) is 9.16. The summed E-state index contributed by atoms with van der Waals surface area (Å²) in [4.78, 5) is 20.0. The third kappa shape index (κ3) is 5.35. The minimum Gasteiger partial charge on any atom is -0.331 e. The number of aliphatic imine (C=N–C) groups is 1. The van der Waals surface area contributed by atoms with E-state index in [0.29, 0.717) is 6.07 Å². The number of hydrogen-bond acceptors (Lipinski definition) is 5. The molecule has 0 aromatic heterocycles. The maximum absolute atomic E-state index is 14.7. The molecule has 1 amide bonds. The summed E-state index contributed by atoms with van der Waals surface area (Å²) in [5.74, 6) is -3.92. The quantitative estimate of drug-likeness (QED) is 0.414. The highest BCUT2D eigenvalue weighted by Gasteiger charge is 2.48. The Kier molecular flexibility index (Phi) is 7.35. The molecule has 0 spiro atoms. The number of alkyl halides is 3. The highest BCUT2D eigenvalue weighted by molar-refractivity contribution is 7.85. The molecule has 2 atom stereocenters. The van der Waals surface area contributed by atoms with Crippen molar-refractivity contribution in [2.24, 2.45) is 4.99 Å². The second-order valence-corrected chi connectivity index (χ2v) is 11.0. The van der Waals surface area contributed by atoms with Gasteiger partial charge in [-0.2, -0.15) is 18.4 Å². The highest BCUT2D eigenvalue weighted by Crippen LogP contribution is 2.40. The van der Waals surface area contributed by atoms with Gasteiger partial charge >= 0.3 is 6.18 Å². The molecule has 13 heteroatoms. The standard InChI is InChI=1S/C22H22ClF5N4O2S/c1-11(2)32(17-5-14(23)15(24)6-16(17)25)20(33)18-9-35(34)10-31(18)19-12(8-29)13(22(26,27)28)7-21(3,4)30-19/h5-6,11,18H,7,9-10H2,1-4H3/t18-,35?/m0/s1. The van der Waals surface area contributed by atoms with Crippen LogP contribution in [0.4, 0.5) is 27.6 Å². The van der Waals surface area contributed by atoms with Gasteiger partial charge in [-0.25, -0.2) is 8.78 Å². The number of amidine groups is 1. The van der Waals surface area contributed by atoms with Gasteiger partial charge in [-0.3, -0.25) is 14.0 Å². The van der Waals surface area contributed by atoms with Gasteiger partial charge in [-0.05, 0) is 33.8 Å². The van der Waals surface area contributed by atoms with E-state index in [4.69, 9.17) is 11.6 Å². The predicted molar refractivity (Wildman–Crippen MR) is 122 cm³/mol. The fourth-order valence-corrected chi connectivity index (χ4v) is 5.64. The molecule has 6 nitrogen and oxygen atoms in total. The predicted octanol–water partition coefficient (Wildman–Crippen LogP) is 4.71. The molecule has 0 aliphatic carbocycles. The lowest BCUT2D eigenvalue weighted by Crippen LogP contribution is -2.53. The number of benzene rings is 1. The molecule has 1 fully saturated rings. The van der Waals surface area contributed by atoms with Crippen LogP contribution in [0.25, 0.3) is 0 Å². The summed E-state index contributed by atoms with van der Waals surface area (Å²) in [6.07, 6.45) is -5.37. The van der Waals surface area contributed by atoms with E-state index in [1.165, 1.54) is 13.8 Å². The lowest BCUT2D eigenvalue weighted by atomic mass is 9.88. The first kappa shape index (κ1) is 27.1. The van der Waals surface area contributed by atoms with Crippen LogP contribution in [-0.2, 0) is 15.6 Å². The first-order chi connectivity index (χ1) is 16.1. The van der Waals surface area contributed by atoms with Crippen molar-refractivity contribution >= 4 is 39.8 Å². The van der Waals surface area contributed by atoms with Crippen molar-refractivity contribution in [1.29, 1.82) is 5.26 Å². The fourth-order valence-electron chi connectivity index (χ4n) is 4.09. The Morgan fingerprint density at radius 3 is 2.49 bits per heavy atom. The van der Waals surface area contributed by atoms with Crippen molar-refractivity contribution in [1.82, 2.24) is 4.90 Å². The van der Waals surface area contributed by atoms with Crippen LogP contribution in [0.1, 0.15) is 34.1 Å². The van der Waals surface area contributed by atoms with Gasteiger partial charge in [-0.1, -0.05) is 11.6 Å². The van der Waals surface area contributed by atoms with Crippen molar-refractivity contribution in [2.75, 3.05) is 16.5 Å². The van der Waals surface area contributed by atoms with Gasteiger partial charge < -0.3 is 9.80 Å². The first-order valence-electron chi connectivity index (χ1n) is 10.5. The Morgan fingerprint density at radius 1 is 1.31 bits per heavy atom. The molecule has 0 N–H and O–H groups in total. The van der Waals surface area contributed by atoms with Gasteiger partial charge in [0.05, 0.1) is 33.5 Å². The van der Waals surface area contributed by atoms with Gasteiger partial charge in [0.2, 0.25) is 0 Å². The van der Waals surface area contributed by atoms with Crippen LogP contribution in [0.3, 0.4) is 0 Å². The first-order valence-corrected chi connectivity index (χ1v) is 12.3. The van der Waals surface area contributed by atoms with Crippen molar-refractivity contribution in [3.63, 3.8) is 0 Å². The molecule has 2 aliphatic rings. The molecule has 3 rings (SSSR count). The Labute approximate surface area is 206 Å². The lowest BCUT2D eigenvalue weighted by Gasteiger charge is -2.37. The Bertz CT molecular complexity index is 1190. The van der Waals surface area contributed by atoms with E-state index in [-0.39, 0.29) is 23.2 Å². The van der Waals surface area contributed by atoms with Crippen LogP contribution in [0.5, 0.6) is 0 Å². The second kappa shape index (κ2) is 9.50. The molecule has 0 saturated carbocycles. The molecule has 2 aliphatic heterocycles. The molecule has 1 aromatic carbocycles. The van der Waals surface area contributed by atoms with E-state index in [0.717, 1.165) is 15.9 Å². The van der Waals surface area contributed by atoms with Gasteiger partial charge in [0, 0.05) is 29.3 Å². The van der Waals surface area contributed by atoms with Gasteiger partial charge in [0.25, 0.3) is 5.91 Å². The normalized spacial score (nSPS) is 22.3. The molecular weight excluding hydrogens is 515 g/mol. The topological polar surface area (TPSA) is 76.8 Å². The summed E-state index contributed by atoms with van der Waals surface area (Å²) in [6.45, 7) is 6.00.